The fourth-order valence-electron chi connectivity index (χ4n) is 1.21. The molecule has 1 aliphatic heterocycles. The monoisotopic (exact) mass is 172 g/mol. The molecule has 1 heterocycles. The van der Waals surface area contributed by atoms with E-state index in [0.29, 0.717) is 6.54 Å². The molecule has 1 N–H and O–H groups in total. The lowest BCUT2D eigenvalue weighted by Crippen LogP contribution is -2.28. The second-order valence-corrected chi connectivity index (χ2v) is 3.34. The van der Waals surface area contributed by atoms with E-state index in [1.807, 2.05) is 19.0 Å². The van der Waals surface area contributed by atoms with Crippen LogP contribution in [0.5, 0.6) is 0 Å². The third-order valence-corrected chi connectivity index (χ3v) is 1.76. The van der Waals surface area contributed by atoms with Crippen molar-refractivity contribution < 1.29 is 9.53 Å². The molecule has 0 saturated carbocycles. The van der Waals surface area contributed by atoms with Crippen LogP contribution < -0.4 is 5.32 Å². The Morgan fingerprint density at radius 1 is 1.67 bits per heavy atom. The summed E-state index contributed by atoms with van der Waals surface area (Å²) in [5, 5.41) is 3.14. The van der Waals surface area contributed by atoms with Crippen LogP contribution in [0.4, 0.5) is 0 Å². The topological polar surface area (TPSA) is 41.6 Å². The number of nitrogens with zero attached hydrogens (tertiary/aromatic N) is 1. The fourth-order valence-corrected chi connectivity index (χ4v) is 1.21. The zero-order valence-corrected chi connectivity index (χ0v) is 7.67. The van der Waals surface area contributed by atoms with Crippen molar-refractivity contribution in [2.75, 3.05) is 33.7 Å². The van der Waals surface area contributed by atoms with Crippen LogP contribution in [0, 0.1) is 0 Å². The minimum absolute atomic E-state index is 0.0949. The predicted octanol–water partition coefficient (Wildman–Crippen LogP) is -0.547. The molecule has 0 bridgehead atoms. The Kier molecular flexibility index (Phi) is 3.49. The van der Waals surface area contributed by atoms with E-state index in [9.17, 15) is 4.79 Å². The second kappa shape index (κ2) is 4.42. The first-order valence-electron chi connectivity index (χ1n) is 4.23. The van der Waals surface area contributed by atoms with Gasteiger partial charge in [0.25, 0.3) is 0 Å². The number of rotatable bonds is 3. The van der Waals surface area contributed by atoms with Gasteiger partial charge >= 0.3 is 5.97 Å². The molecule has 0 aromatic rings. The van der Waals surface area contributed by atoms with Crippen LogP contribution in [0.15, 0.2) is 0 Å². The lowest BCUT2D eigenvalue weighted by molar-refractivity contribution is -0.148. The van der Waals surface area contributed by atoms with Crippen LogP contribution in [0.1, 0.15) is 6.42 Å². The standard InChI is InChI=1S/C8H16N2O2/c1-10(2)6-8(11)12-7-3-4-9-5-7/h7,9H,3-6H2,1-2H3. The molecule has 1 unspecified atom stereocenters. The highest BCUT2D eigenvalue weighted by Gasteiger charge is 2.18. The molecule has 12 heavy (non-hydrogen) atoms. The smallest absolute Gasteiger partial charge is 0.320 e. The normalized spacial score (nSPS) is 23.1. The van der Waals surface area contributed by atoms with Crippen LogP contribution >= 0.6 is 0 Å². The molecule has 70 valence electrons. The average molecular weight is 172 g/mol. The summed E-state index contributed by atoms with van der Waals surface area (Å²) >= 11 is 0. The summed E-state index contributed by atoms with van der Waals surface area (Å²) in [4.78, 5) is 12.9. The van der Waals surface area contributed by atoms with Gasteiger partial charge in [0.2, 0.25) is 0 Å². The number of carbonyl (C=O) groups is 1. The van der Waals surface area contributed by atoms with Crippen LogP contribution in [-0.4, -0.2) is 50.7 Å². The second-order valence-electron chi connectivity index (χ2n) is 3.34. The van der Waals surface area contributed by atoms with Gasteiger partial charge in [-0.25, -0.2) is 0 Å². The lowest BCUT2D eigenvalue weighted by Gasteiger charge is -2.13. The van der Waals surface area contributed by atoms with Crippen molar-refractivity contribution in [1.29, 1.82) is 0 Å². The van der Waals surface area contributed by atoms with Gasteiger partial charge in [-0.1, -0.05) is 0 Å². The zero-order valence-electron chi connectivity index (χ0n) is 7.67. The van der Waals surface area contributed by atoms with Crippen molar-refractivity contribution in [3.05, 3.63) is 0 Å². The highest BCUT2D eigenvalue weighted by molar-refractivity contribution is 5.71. The summed E-state index contributed by atoms with van der Waals surface area (Å²) in [6, 6.07) is 0. The third kappa shape index (κ3) is 3.19. The largest absolute Gasteiger partial charge is 0.460 e. The van der Waals surface area contributed by atoms with E-state index in [1.165, 1.54) is 0 Å². The number of carbonyl (C=O) groups excluding carboxylic acids is 1. The molecule has 4 nitrogen and oxygen atoms in total. The van der Waals surface area contributed by atoms with E-state index in [4.69, 9.17) is 4.74 Å². The van der Waals surface area contributed by atoms with Gasteiger partial charge in [-0.3, -0.25) is 9.69 Å². The van der Waals surface area contributed by atoms with Crippen LogP contribution in [-0.2, 0) is 9.53 Å². The minimum Gasteiger partial charge on any atom is -0.460 e. The van der Waals surface area contributed by atoms with E-state index in [0.717, 1.165) is 19.5 Å². The minimum atomic E-state index is -0.131. The van der Waals surface area contributed by atoms with Gasteiger partial charge in [-0.15, -0.1) is 0 Å². The summed E-state index contributed by atoms with van der Waals surface area (Å²) in [5.41, 5.74) is 0. The van der Waals surface area contributed by atoms with Gasteiger partial charge in [0, 0.05) is 6.54 Å². The highest BCUT2D eigenvalue weighted by Crippen LogP contribution is 2.02. The van der Waals surface area contributed by atoms with Gasteiger partial charge in [0.05, 0.1) is 6.54 Å². The van der Waals surface area contributed by atoms with Crippen molar-refractivity contribution in [1.82, 2.24) is 10.2 Å². The molecule has 0 amide bonds. The molecule has 0 aromatic heterocycles. The summed E-state index contributed by atoms with van der Waals surface area (Å²) in [5.74, 6) is -0.131. The van der Waals surface area contributed by atoms with E-state index >= 15 is 0 Å². The van der Waals surface area contributed by atoms with Crippen molar-refractivity contribution in [2.45, 2.75) is 12.5 Å². The maximum absolute atomic E-state index is 11.1. The van der Waals surface area contributed by atoms with Crippen molar-refractivity contribution in [2.24, 2.45) is 0 Å². The average Bonchev–Trinajstić information content (AvgIpc) is 2.37. The lowest BCUT2D eigenvalue weighted by atomic mass is 10.3. The Morgan fingerprint density at radius 3 is 2.92 bits per heavy atom. The van der Waals surface area contributed by atoms with Crippen molar-refractivity contribution in [3.8, 4) is 0 Å². The molecule has 1 fully saturated rings. The summed E-state index contributed by atoms with van der Waals surface area (Å²) in [6.07, 6.45) is 1.04. The third-order valence-electron chi connectivity index (χ3n) is 1.76. The molecular weight excluding hydrogens is 156 g/mol. The number of nitrogens with one attached hydrogen (secondary N) is 1. The summed E-state index contributed by atoms with van der Waals surface area (Å²) < 4.78 is 5.18. The van der Waals surface area contributed by atoms with E-state index in [1.54, 1.807) is 0 Å². The van der Waals surface area contributed by atoms with Gasteiger partial charge in [0.1, 0.15) is 6.10 Å². The number of ether oxygens (including phenoxy) is 1. The fraction of sp³-hybridized carbons (Fsp3) is 0.875. The Labute approximate surface area is 72.9 Å². The molecule has 1 aliphatic rings. The number of likely N-dealkylation sites (N-methyl/N-ethyl adjacent to an activating group) is 1. The molecule has 0 aliphatic carbocycles. The van der Waals surface area contributed by atoms with Gasteiger partial charge < -0.3 is 10.1 Å². The summed E-state index contributed by atoms with van der Waals surface area (Å²) in [7, 11) is 3.71. The highest BCUT2D eigenvalue weighted by atomic mass is 16.5. The van der Waals surface area contributed by atoms with Gasteiger partial charge in [-0.2, -0.15) is 0 Å². The van der Waals surface area contributed by atoms with Crippen molar-refractivity contribution >= 4 is 5.97 Å². The van der Waals surface area contributed by atoms with Crippen LogP contribution in [0.2, 0.25) is 0 Å². The molecule has 4 heteroatoms. The first-order valence-corrected chi connectivity index (χ1v) is 4.23. The SMILES string of the molecule is CN(C)CC(=O)OC1CCNC1. The van der Waals surface area contributed by atoms with E-state index in [2.05, 4.69) is 5.32 Å². The Morgan fingerprint density at radius 2 is 2.42 bits per heavy atom. The molecule has 1 atom stereocenters. The molecule has 0 aromatic carbocycles. The maximum atomic E-state index is 11.1. The molecule has 1 saturated heterocycles. The first kappa shape index (κ1) is 9.48. The number of esters is 1. The van der Waals surface area contributed by atoms with Crippen molar-refractivity contribution in [3.63, 3.8) is 0 Å². The van der Waals surface area contributed by atoms with E-state index in [-0.39, 0.29) is 12.1 Å². The van der Waals surface area contributed by atoms with Gasteiger partial charge in [0.15, 0.2) is 0 Å². The van der Waals surface area contributed by atoms with Crippen LogP contribution in [0.25, 0.3) is 0 Å². The van der Waals surface area contributed by atoms with Gasteiger partial charge in [-0.05, 0) is 27.1 Å². The zero-order chi connectivity index (χ0) is 8.97. The Bertz CT molecular complexity index is 153. The number of hydrogen-bond donors (Lipinski definition) is 1. The predicted molar refractivity (Wildman–Crippen MR) is 45.9 cm³/mol. The Hall–Kier alpha value is -0.610. The molecule has 0 radical (unpaired) electrons. The first-order chi connectivity index (χ1) is 5.68. The quantitative estimate of drug-likeness (QED) is 0.580. The molecule has 0 spiro atoms. The Balaban J connectivity index is 2.16. The molecule has 1 rings (SSSR count). The maximum Gasteiger partial charge on any atom is 0.320 e. The van der Waals surface area contributed by atoms with E-state index < -0.39 is 0 Å². The summed E-state index contributed by atoms with van der Waals surface area (Å²) in [6.45, 7) is 2.13. The van der Waals surface area contributed by atoms with Crippen LogP contribution in [0.3, 0.4) is 0 Å². The number of hydrogen-bond acceptors (Lipinski definition) is 4. The molecular formula is C8H16N2O2.